The summed E-state index contributed by atoms with van der Waals surface area (Å²) in [5.41, 5.74) is -0.396. The first-order chi connectivity index (χ1) is 7.84. The van der Waals surface area contributed by atoms with E-state index in [1.165, 1.54) is 0 Å². The minimum Gasteiger partial charge on any atom is -0.481 e. The van der Waals surface area contributed by atoms with Gasteiger partial charge in [0.2, 0.25) is 0 Å². The first-order valence-corrected chi connectivity index (χ1v) is 3.54. The molecule has 13 heavy (non-hydrogen) atoms. The number of aromatic nitrogens is 1. The maximum Gasteiger partial charge on any atom is 0.303 e. The van der Waals surface area contributed by atoms with E-state index >= 15 is 0 Å². The first-order valence-electron chi connectivity index (χ1n) is 5.54. The monoisotopic (exact) mass is 183 g/mol. The molecule has 0 unspecified atom stereocenters. The second-order valence-electron chi connectivity index (χ2n) is 2.28. The summed E-state index contributed by atoms with van der Waals surface area (Å²) in [6, 6.07) is -1.09. The predicted octanol–water partition coefficient (Wildman–Crippen LogP) is 1.13. The Kier molecular flexibility index (Phi) is 1.71. The molecule has 0 fully saturated rings. The summed E-state index contributed by atoms with van der Waals surface area (Å²) in [6.07, 6.45) is -1.87. The number of aliphatic carboxylic acids is 1. The Morgan fingerprint density at radius 3 is 3.00 bits per heavy atom. The van der Waals surface area contributed by atoms with E-state index in [9.17, 15) is 9.59 Å². The van der Waals surface area contributed by atoms with Crippen molar-refractivity contribution in [2.24, 2.45) is 0 Å². The Balaban J connectivity index is 3.10. The predicted molar refractivity (Wildman–Crippen MR) is 45.4 cm³/mol. The lowest BCUT2D eigenvalue weighted by Crippen LogP contribution is -2.03. The third-order valence-corrected chi connectivity index (χ3v) is 1.31. The van der Waals surface area contributed by atoms with Crippen molar-refractivity contribution in [2.75, 3.05) is 0 Å². The third kappa shape index (κ3) is 3.02. The average Bonchev–Trinajstić information content (AvgIpc) is 2.23. The van der Waals surface area contributed by atoms with Crippen LogP contribution in [-0.2, 0) is 4.79 Å². The largest absolute Gasteiger partial charge is 0.481 e. The van der Waals surface area contributed by atoms with E-state index in [1.807, 2.05) is 0 Å². The zero-order valence-corrected chi connectivity index (χ0v) is 6.63. The van der Waals surface area contributed by atoms with Crippen molar-refractivity contribution in [1.82, 2.24) is 4.98 Å². The van der Waals surface area contributed by atoms with Gasteiger partial charge in [-0.3, -0.25) is 14.6 Å². The molecule has 4 nitrogen and oxygen atoms in total. The van der Waals surface area contributed by atoms with Crippen LogP contribution >= 0.6 is 0 Å². The van der Waals surface area contributed by atoms with Gasteiger partial charge in [-0.25, -0.2) is 0 Å². The first kappa shape index (κ1) is 5.11. The molecule has 0 aliphatic rings. The number of carbonyl (C=O) groups excluding carboxylic acids is 1. The Labute approximate surface area is 80.8 Å². The minimum atomic E-state index is -1.16. The van der Waals surface area contributed by atoms with Gasteiger partial charge in [0.1, 0.15) is 0 Å². The fourth-order valence-corrected chi connectivity index (χ4v) is 0.708. The molecular weight excluding hydrogens is 170 g/mol. The summed E-state index contributed by atoms with van der Waals surface area (Å²) >= 11 is 0. The molecule has 1 rings (SSSR count). The van der Waals surface area contributed by atoms with E-state index in [2.05, 4.69) is 4.98 Å². The number of Topliss-reactive ketones (excluding diaryl/α,β-unsaturated/α-hetero) is 1. The second-order valence-corrected chi connectivity index (χ2v) is 2.28. The van der Waals surface area contributed by atoms with Crippen LogP contribution in [-0.4, -0.2) is 21.8 Å². The summed E-state index contributed by atoms with van der Waals surface area (Å²) in [7, 11) is 0. The smallest absolute Gasteiger partial charge is 0.303 e. The van der Waals surface area contributed by atoms with Gasteiger partial charge in [-0.15, -0.1) is 0 Å². The van der Waals surface area contributed by atoms with E-state index in [4.69, 9.17) is 10.6 Å². The van der Waals surface area contributed by atoms with Crippen molar-refractivity contribution in [2.45, 2.75) is 12.8 Å². The summed E-state index contributed by atoms with van der Waals surface area (Å²) in [6.45, 7) is 0. The molecule has 0 aliphatic carbocycles. The molecule has 0 aromatic carbocycles. The highest BCUT2D eigenvalue weighted by molar-refractivity contribution is 5.97. The Morgan fingerprint density at radius 1 is 1.54 bits per heavy atom. The highest BCUT2D eigenvalue weighted by Crippen LogP contribution is 2.02. The molecule has 68 valence electrons. The maximum absolute atomic E-state index is 11.6. The van der Waals surface area contributed by atoms with Crippen LogP contribution in [0.3, 0.4) is 0 Å². The van der Waals surface area contributed by atoms with Gasteiger partial charge in [0.05, 0.1) is 11.9 Å². The molecule has 0 bridgehead atoms. The van der Waals surface area contributed by atoms with E-state index < -0.39 is 48.2 Å². The fourth-order valence-electron chi connectivity index (χ4n) is 0.708. The number of rotatable bonds is 4. The lowest BCUT2D eigenvalue weighted by molar-refractivity contribution is -0.136. The Hall–Kier alpha value is -1.71. The number of hydrogen-bond donors (Lipinski definition) is 1. The highest BCUT2D eigenvalue weighted by atomic mass is 16.4. The molecule has 1 aromatic rings. The van der Waals surface area contributed by atoms with Gasteiger partial charge in [-0.1, -0.05) is 0 Å². The van der Waals surface area contributed by atoms with E-state index in [-0.39, 0.29) is 6.42 Å². The maximum atomic E-state index is 11.6. The summed E-state index contributed by atoms with van der Waals surface area (Å²) in [5.74, 6) is -1.88. The highest BCUT2D eigenvalue weighted by Gasteiger charge is 2.07. The van der Waals surface area contributed by atoms with Gasteiger partial charge < -0.3 is 5.11 Å². The Morgan fingerprint density at radius 2 is 2.31 bits per heavy atom. The molecule has 0 atom stereocenters. The number of hydrogen-bond acceptors (Lipinski definition) is 3. The zero-order chi connectivity index (χ0) is 13.2. The standard InChI is InChI=1S/C9H9NO3/c11-8(3-4-9(12)13)7-2-1-5-10-6-7/h1-2,5-6H,3-4H2,(H,12,13)/i1D,2D,5D,6D. The zero-order valence-electron chi connectivity index (χ0n) is 10.6. The van der Waals surface area contributed by atoms with Crippen molar-refractivity contribution >= 4 is 11.8 Å². The van der Waals surface area contributed by atoms with Crippen LogP contribution in [0.25, 0.3) is 0 Å². The molecule has 0 spiro atoms. The number of nitrogens with zero attached hydrogens (tertiary/aromatic N) is 1. The number of carbonyl (C=O) groups is 2. The average molecular weight is 183 g/mol. The lowest BCUT2D eigenvalue weighted by Gasteiger charge is -1.96. The van der Waals surface area contributed by atoms with E-state index in [0.717, 1.165) is 0 Å². The van der Waals surface area contributed by atoms with Crippen molar-refractivity contribution in [3.05, 3.63) is 30.0 Å². The summed E-state index contributed by atoms with van der Waals surface area (Å²) in [4.78, 5) is 25.2. The van der Waals surface area contributed by atoms with Gasteiger partial charge in [0.15, 0.2) is 5.78 Å². The molecule has 1 N–H and O–H groups in total. The van der Waals surface area contributed by atoms with Crippen molar-refractivity contribution < 1.29 is 20.2 Å². The van der Waals surface area contributed by atoms with Gasteiger partial charge >= 0.3 is 5.97 Å². The van der Waals surface area contributed by atoms with Crippen LogP contribution in [0, 0.1) is 0 Å². The van der Waals surface area contributed by atoms with Crippen LogP contribution in [0.4, 0.5) is 0 Å². The molecule has 0 radical (unpaired) electrons. The molecule has 4 heteroatoms. The summed E-state index contributed by atoms with van der Waals surface area (Å²) in [5, 5.41) is 8.42. The lowest BCUT2D eigenvalue weighted by atomic mass is 10.1. The third-order valence-electron chi connectivity index (χ3n) is 1.31. The fraction of sp³-hybridized carbons (Fsp3) is 0.222. The van der Waals surface area contributed by atoms with Gasteiger partial charge in [0, 0.05) is 24.3 Å². The van der Waals surface area contributed by atoms with Crippen LogP contribution in [0.1, 0.15) is 28.7 Å². The van der Waals surface area contributed by atoms with Crippen LogP contribution < -0.4 is 0 Å². The number of carboxylic acids is 1. The molecule has 1 aromatic heterocycles. The normalized spacial score (nSPS) is 13.8. The van der Waals surface area contributed by atoms with Gasteiger partial charge in [-0.2, -0.15) is 0 Å². The SMILES string of the molecule is [2H]c1nc([2H])c(C(=O)CCC(=O)O)c([2H])c1[2H]. The number of pyridine rings is 1. The van der Waals surface area contributed by atoms with Crippen LogP contribution in [0.15, 0.2) is 24.4 Å². The second kappa shape index (κ2) is 4.35. The molecular formula is C9H9NO3. The van der Waals surface area contributed by atoms with E-state index in [0.29, 0.717) is 0 Å². The van der Waals surface area contributed by atoms with Crippen molar-refractivity contribution in [3.63, 3.8) is 0 Å². The quantitative estimate of drug-likeness (QED) is 0.710. The molecule has 0 saturated heterocycles. The number of carboxylic acid groups (broad SMARTS) is 1. The molecule has 0 amide bonds. The minimum absolute atomic E-state index is 0.356. The summed E-state index contributed by atoms with van der Waals surface area (Å²) < 4.78 is 29.3. The molecule has 0 aliphatic heterocycles. The topological polar surface area (TPSA) is 67.3 Å². The molecule has 0 saturated carbocycles. The molecule has 1 heterocycles. The van der Waals surface area contributed by atoms with Crippen molar-refractivity contribution in [3.8, 4) is 0 Å². The van der Waals surface area contributed by atoms with Gasteiger partial charge in [0.25, 0.3) is 0 Å². The van der Waals surface area contributed by atoms with Crippen molar-refractivity contribution in [1.29, 1.82) is 0 Å². The Bertz CT molecular complexity index is 490. The van der Waals surface area contributed by atoms with Crippen LogP contribution in [0.5, 0.6) is 0 Å². The van der Waals surface area contributed by atoms with Crippen LogP contribution in [0.2, 0.25) is 0 Å². The van der Waals surface area contributed by atoms with E-state index in [1.54, 1.807) is 0 Å². The number of ketones is 1. The van der Waals surface area contributed by atoms with Gasteiger partial charge in [-0.05, 0) is 12.1 Å².